The average Bonchev–Trinajstić information content (AvgIpc) is 3.52. The highest BCUT2D eigenvalue weighted by molar-refractivity contribution is 7.47. The van der Waals surface area contributed by atoms with E-state index in [0.29, 0.717) is 54.9 Å². The van der Waals surface area contributed by atoms with Crippen LogP contribution in [0.25, 0.3) is 6.08 Å². The third kappa shape index (κ3) is 20.7. The Labute approximate surface area is 393 Å². The number of fused-ring (bicyclic) bond motifs is 1. The van der Waals surface area contributed by atoms with Gasteiger partial charge in [0.15, 0.2) is 30.0 Å². The summed E-state index contributed by atoms with van der Waals surface area (Å²) < 4.78 is 55.4. The molecule has 0 aromatic heterocycles. The van der Waals surface area contributed by atoms with E-state index in [0.717, 1.165) is 11.1 Å². The highest BCUT2D eigenvalue weighted by Gasteiger charge is 2.36. The summed E-state index contributed by atoms with van der Waals surface area (Å²) in [5.74, 6) is -0.926. The lowest BCUT2D eigenvalue weighted by Crippen LogP contribution is -2.38. The molecule has 67 heavy (non-hydrogen) atoms. The second-order valence-corrected chi connectivity index (χ2v) is 20.6. The summed E-state index contributed by atoms with van der Waals surface area (Å²) in [6.45, 7) is 16.3. The van der Waals surface area contributed by atoms with Crippen molar-refractivity contribution in [2.24, 2.45) is 10.8 Å². The molecule has 3 rings (SSSR count). The number of nitrogens with one attached hydrogen (secondary N) is 2. The number of methoxy groups -OCH3 is 1. The van der Waals surface area contributed by atoms with E-state index in [1.165, 1.54) is 20.1 Å². The Morgan fingerprint density at radius 2 is 1.60 bits per heavy atom. The first-order valence-electron chi connectivity index (χ1n) is 22.0. The molecule has 2 aromatic rings. The molecule has 0 spiro atoms. The van der Waals surface area contributed by atoms with Crippen molar-refractivity contribution in [2.75, 3.05) is 53.2 Å². The van der Waals surface area contributed by atoms with E-state index in [4.69, 9.17) is 37.5 Å². The van der Waals surface area contributed by atoms with Gasteiger partial charge in [-0.25, -0.2) is 9.36 Å². The molecule has 19 heteroatoms. The maximum atomic E-state index is 13.1. The molecule has 1 aliphatic carbocycles. The van der Waals surface area contributed by atoms with Gasteiger partial charge in [0.25, 0.3) is 5.91 Å². The van der Waals surface area contributed by atoms with Crippen LogP contribution in [-0.2, 0) is 53.4 Å². The van der Waals surface area contributed by atoms with Crippen LogP contribution in [0.3, 0.4) is 0 Å². The Hall–Kier alpha value is -5.26. The zero-order chi connectivity index (χ0) is 50.2. The van der Waals surface area contributed by atoms with Gasteiger partial charge in [-0.05, 0) is 95.2 Å². The number of phenols is 1. The van der Waals surface area contributed by atoms with Crippen molar-refractivity contribution in [3.05, 3.63) is 70.8 Å². The van der Waals surface area contributed by atoms with Crippen molar-refractivity contribution < 1.29 is 76.0 Å². The van der Waals surface area contributed by atoms with E-state index >= 15 is 0 Å². The van der Waals surface area contributed by atoms with E-state index in [1.807, 2.05) is 46.8 Å². The number of alkyl carbamates (subject to hydrolysis) is 1. The van der Waals surface area contributed by atoms with Crippen molar-refractivity contribution in [3.8, 4) is 17.2 Å². The monoisotopic (exact) mass is 960 g/mol. The Morgan fingerprint density at radius 1 is 0.881 bits per heavy atom. The summed E-state index contributed by atoms with van der Waals surface area (Å²) in [5.41, 5.74) is 0.0894. The van der Waals surface area contributed by atoms with Gasteiger partial charge in [-0.15, -0.1) is 0 Å². The van der Waals surface area contributed by atoms with E-state index in [-0.39, 0.29) is 42.6 Å². The quantitative estimate of drug-likeness (QED) is 0.0236. The molecule has 18 nitrogen and oxygen atoms in total. The van der Waals surface area contributed by atoms with Gasteiger partial charge in [0.2, 0.25) is 0 Å². The minimum atomic E-state index is -4.68. The van der Waals surface area contributed by atoms with Crippen molar-refractivity contribution in [2.45, 2.75) is 112 Å². The molecular formula is C48H69N2O16P. The highest BCUT2D eigenvalue weighted by Crippen LogP contribution is 2.43. The molecule has 2 atom stereocenters. The van der Waals surface area contributed by atoms with Gasteiger partial charge in [0.05, 0.1) is 37.9 Å². The SMILES string of the molecule is COc1cc(/C=C/C=C2/Cc3ccc(OCC(=O)NCCC(C)(C)OCCC(C)(C)OC(=O)NCCOP(=O)(O)OCC(COC(C)=O)OC(=O)C(C)(C)CC(C)(C)C)cc3C2=O)ccc1O. The molecule has 0 saturated carbocycles. The number of hydrogen-bond donors (Lipinski definition) is 4. The van der Waals surface area contributed by atoms with Crippen LogP contribution < -0.4 is 20.1 Å². The molecule has 0 fully saturated rings. The molecule has 2 aromatic carbocycles. The van der Waals surface area contributed by atoms with Crippen LogP contribution in [0.5, 0.6) is 17.2 Å². The molecule has 2 unspecified atom stereocenters. The number of esters is 2. The van der Waals surface area contributed by atoms with Crippen LogP contribution in [-0.4, -0.2) is 110 Å². The maximum Gasteiger partial charge on any atom is 0.472 e. The number of carbonyl (C=O) groups is 5. The van der Waals surface area contributed by atoms with Crippen LogP contribution in [0.1, 0.15) is 110 Å². The predicted octanol–water partition coefficient (Wildman–Crippen LogP) is 7.43. The number of carbonyl (C=O) groups excluding carboxylic acids is 5. The number of amides is 2. The second kappa shape index (κ2) is 24.7. The number of ether oxygens (including phenoxy) is 6. The predicted molar refractivity (Wildman–Crippen MR) is 249 cm³/mol. The number of phosphoric ester groups is 1. The van der Waals surface area contributed by atoms with Gasteiger partial charge < -0.3 is 49.1 Å². The van der Waals surface area contributed by atoms with Crippen molar-refractivity contribution in [1.82, 2.24) is 10.6 Å². The largest absolute Gasteiger partial charge is 0.504 e. The zero-order valence-corrected chi connectivity index (χ0v) is 41.5. The van der Waals surface area contributed by atoms with Crippen LogP contribution in [0.4, 0.5) is 4.79 Å². The second-order valence-electron chi connectivity index (χ2n) is 19.2. The fourth-order valence-electron chi connectivity index (χ4n) is 6.93. The molecule has 0 heterocycles. The summed E-state index contributed by atoms with van der Waals surface area (Å²) in [6, 6.07) is 10.1. The third-order valence-corrected chi connectivity index (χ3v) is 11.1. The van der Waals surface area contributed by atoms with Gasteiger partial charge in [0, 0.05) is 44.0 Å². The Morgan fingerprint density at radius 3 is 2.27 bits per heavy atom. The zero-order valence-electron chi connectivity index (χ0n) is 40.6. The van der Waals surface area contributed by atoms with Gasteiger partial charge in [-0.2, -0.15) is 0 Å². The van der Waals surface area contributed by atoms with Gasteiger partial charge >= 0.3 is 25.9 Å². The first kappa shape index (κ1) is 56.1. The number of aromatic hydroxyl groups is 1. The lowest BCUT2D eigenvalue weighted by atomic mass is 9.76. The number of benzene rings is 2. The number of ketones is 1. The molecule has 0 radical (unpaired) electrons. The first-order chi connectivity index (χ1) is 31.1. The normalized spacial score (nSPS) is 15.1. The molecule has 2 amide bonds. The standard InChI is InChI=1S/C48H69N2O16P/c1-32(51)60-28-37(65-43(55)46(5,6)31-45(2,3)4)29-64-67(57,58)63-24-22-50-44(56)66-48(9,10)20-23-62-47(7,8)19-21-49-41(53)30-61-36-17-16-34-26-35(42(54)38(34)27-36)14-12-13-33-15-18-39(52)40(25-33)59-11/h12-18,25,27,37,52H,19-24,26,28-31H2,1-11H3,(H,49,53)(H,50,56)(H,57,58)/b13-12+,35-14-. The summed E-state index contributed by atoms with van der Waals surface area (Å²) in [6.07, 6.45) is 5.07. The van der Waals surface area contributed by atoms with Crippen LogP contribution in [0, 0.1) is 10.8 Å². The number of rotatable bonds is 26. The van der Waals surface area contributed by atoms with Crippen LogP contribution in [0.15, 0.2) is 54.1 Å². The Balaban J connectivity index is 1.33. The van der Waals surface area contributed by atoms with Crippen LogP contribution in [0.2, 0.25) is 0 Å². The lowest BCUT2D eigenvalue weighted by Gasteiger charge is -2.31. The highest BCUT2D eigenvalue weighted by atomic mass is 31.2. The minimum Gasteiger partial charge on any atom is -0.504 e. The molecule has 4 N–H and O–H groups in total. The molecule has 0 saturated heterocycles. The fraction of sp³-hybridized carbons (Fsp3) is 0.562. The number of allylic oxidation sites excluding steroid dienone is 3. The first-order valence-corrected chi connectivity index (χ1v) is 23.5. The number of phosphoric acid groups is 1. The Kier molecular flexibility index (Phi) is 20.6. The number of hydrogen-bond acceptors (Lipinski definition) is 15. The average molecular weight is 961 g/mol. The third-order valence-electron chi connectivity index (χ3n) is 10.1. The van der Waals surface area contributed by atoms with Crippen LogP contribution >= 0.6 is 7.82 Å². The van der Waals surface area contributed by atoms with Crippen molar-refractivity contribution in [3.63, 3.8) is 0 Å². The fourth-order valence-corrected chi connectivity index (χ4v) is 7.68. The van der Waals surface area contributed by atoms with Gasteiger partial charge in [-0.1, -0.05) is 51.1 Å². The summed E-state index contributed by atoms with van der Waals surface area (Å²) in [7, 11) is -3.21. The van der Waals surface area contributed by atoms with E-state index in [1.54, 1.807) is 64.1 Å². The van der Waals surface area contributed by atoms with Gasteiger partial charge in [0.1, 0.15) is 18.0 Å². The van der Waals surface area contributed by atoms with Crippen molar-refractivity contribution in [1.29, 1.82) is 0 Å². The van der Waals surface area contributed by atoms with Gasteiger partial charge in [-0.3, -0.25) is 28.2 Å². The molecule has 0 aliphatic heterocycles. The van der Waals surface area contributed by atoms with E-state index in [9.17, 15) is 38.5 Å². The molecule has 0 bridgehead atoms. The molecule has 1 aliphatic rings. The Bertz CT molecular complexity index is 2160. The summed E-state index contributed by atoms with van der Waals surface area (Å²) in [4.78, 5) is 72.8. The number of Topliss-reactive ketones (excluding diaryl/α,β-unsaturated/α-hetero) is 1. The number of phenolic OH excluding ortho intramolecular Hbond substituents is 1. The van der Waals surface area contributed by atoms with Crippen molar-refractivity contribution >= 4 is 43.6 Å². The smallest absolute Gasteiger partial charge is 0.472 e. The maximum absolute atomic E-state index is 13.1. The topological polar surface area (TPSA) is 241 Å². The minimum absolute atomic E-state index is 0.0390. The lowest BCUT2D eigenvalue weighted by molar-refractivity contribution is -0.169. The van der Waals surface area contributed by atoms with E-state index < -0.39 is 68.4 Å². The summed E-state index contributed by atoms with van der Waals surface area (Å²) in [5, 5.41) is 15.1. The summed E-state index contributed by atoms with van der Waals surface area (Å²) >= 11 is 0. The molecular weight excluding hydrogens is 891 g/mol. The van der Waals surface area contributed by atoms with E-state index in [2.05, 4.69) is 10.6 Å². The molecule has 372 valence electrons.